The van der Waals surface area contributed by atoms with Crippen LogP contribution in [-0.4, -0.2) is 30.8 Å². The smallest absolute Gasteiger partial charge is 0.416 e. The fourth-order valence-corrected chi connectivity index (χ4v) is 5.12. The molecule has 2 atom stereocenters. The highest BCUT2D eigenvalue weighted by molar-refractivity contribution is 5.79. The molecule has 0 aromatic heterocycles. The number of halogens is 3. The molecule has 3 aromatic rings. The van der Waals surface area contributed by atoms with Crippen LogP contribution in [0.2, 0.25) is 0 Å². The van der Waals surface area contributed by atoms with E-state index in [1.165, 1.54) is 12.1 Å². The molecule has 0 heterocycles. The SMILES string of the molecule is CCCCC(C)OC(=O)C[C@H](Cc1ccc(C(F)(F)F)cc1)NC(=O)OCC1c2ccccc2-c2ccccc21. The Labute approximate surface area is 232 Å². The van der Waals surface area contributed by atoms with Gasteiger partial charge in [-0.25, -0.2) is 4.79 Å². The van der Waals surface area contributed by atoms with Crippen molar-refractivity contribution in [2.45, 2.75) is 70.2 Å². The molecule has 8 heteroatoms. The zero-order chi connectivity index (χ0) is 28.7. The van der Waals surface area contributed by atoms with Crippen LogP contribution in [0, 0.1) is 0 Å². The molecule has 40 heavy (non-hydrogen) atoms. The van der Waals surface area contributed by atoms with Crippen LogP contribution < -0.4 is 5.32 Å². The highest BCUT2D eigenvalue weighted by Gasteiger charge is 2.31. The Hall–Kier alpha value is -3.81. The monoisotopic (exact) mass is 553 g/mol. The fraction of sp³-hybridized carbons (Fsp3) is 0.375. The number of carbonyl (C=O) groups is 2. The summed E-state index contributed by atoms with van der Waals surface area (Å²) in [5.41, 5.74) is 4.13. The summed E-state index contributed by atoms with van der Waals surface area (Å²) >= 11 is 0. The first kappa shape index (κ1) is 29.2. The minimum atomic E-state index is -4.45. The lowest BCUT2D eigenvalue weighted by molar-refractivity contribution is -0.149. The van der Waals surface area contributed by atoms with E-state index >= 15 is 0 Å². The lowest BCUT2D eigenvalue weighted by Crippen LogP contribution is -2.39. The van der Waals surface area contributed by atoms with E-state index in [4.69, 9.17) is 9.47 Å². The van der Waals surface area contributed by atoms with Gasteiger partial charge in [-0.1, -0.05) is 80.4 Å². The summed E-state index contributed by atoms with van der Waals surface area (Å²) in [4.78, 5) is 25.6. The van der Waals surface area contributed by atoms with Crippen molar-refractivity contribution >= 4 is 12.1 Å². The Kier molecular flexibility index (Phi) is 9.50. The molecule has 1 aliphatic rings. The summed E-state index contributed by atoms with van der Waals surface area (Å²) in [6.45, 7) is 3.97. The molecule has 0 bridgehead atoms. The number of unbranched alkanes of at least 4 members (excludes halogenated alkanes) is 1. The third-order valence-electron chi connectivity index (χ3n) is 7.14. The van der Waals surface area contributed by atoms with Crippen LogP contribution in [-0.2, 0) is 26.9 Å². The summed E-state index contributed by atoms with van der Waals surface area (Å²) < 4.78 is 50.1. The number of carbonyl (C=O) groups excluding carboxylic acids is 2. The molecule has 0 spiro atoms. The van der Waals surface area contributed by atoms with Crippen molar-refractivity contribution in [3.63, 3.8) is 0 Å². The van der Waals surface area contributed by atoms with E-state index in [1.54, 1.807) is 0 Å². The lowest BCUT2D eigenvalue weighted by Gasteiger charge is -2.21. The van der Waals surface area contributed by atoms with Crippen molar-refractivity contribution in [1.29, 1.82) is 0 Å². The third-order valence-corrected chi connectivity index (χ3v) is 7.14. The molecule has 0 saturated carbocycles. The van der Waals surface area contributed by atoms with Crippen molar-refractivity contribution in [3.05, 3.63) is 95.1 Å². The van der Waals surface area contributed by atoms with Gasteiger partial charge in [-0.15, -0.1) is 0 Å². The van der Waals surface area contributed by atoms with E-state index in [0.717, 1.165) is 53.6 Å². The molecule has 0 aliphatic heterocycles. The van der Waals surface area contributed by atoms with Crippen LogP contribution in [0.3, 0.4) is 0 Å². The highest BCUT2D eigenvalue weighted by atomic mass is 19.4. The van der Waals surface area contributed by atoms with Crippen LogP contribution in [0.5, 0.6) is 0 Å². The van der Waals surface area contributed by atoms with Crippen LogP contribution in [0.15, 0.2) is 72.8 Å². The predicted octanol–water partition coefficient (Wildman–Crippen LogP) is 7.67. The van der Waals surface area contributed by atoms with Gasteiger partial charge in [-0.2, -0.15) is 13.2 Å². The molecule has 4 rings (SSSR count). The molecule has 3 aromatic carbocycles. The molecule has 1 unspecified atom stereocenters. The average molecular weight is 554 g/mol. The van der Waals surface area contributed by atoms with E-state index in [9.17, 15) is 22.8 Å². The standard InChI is InChI=1S/C32H34F3NO4/c1-3-4-9-21(2)40-30(37)19-24(18-22-14-16-23(17-15-22)32(33,34)35)36-31(38)39-20-29-27-12-7-5-10-25(27)26-11-6-8-13-28(26)29/h5-8,10-17,21,24,29H,3-4,9,18-20H2,1-2H3,(H,36,38)/t21?,24-/m0/s1. The number of amides is 1. The zero-order valence-electron chi connectivity index (χ0n) is 22.7. The maximum Gasteiger partial charge on any atom is 0.416 e. The number of rotatable bonds is 11. The van der Waals surface area contributed by atoms with Crippen molar-refractivity contribution < 1.29 is 32.2 Å². The van der Waals surface area contributed by atoms with Gasteiger partial charge in [0.1, 0.15) is 6.61 Å². The van der Waals surface area contributed by atoms with Gasteiger partial charge >= 0.3 is 18.2 Å². The fourth-order valence-electron chi connectivity index (χ4n) is 5.12. The largest absolute Gasteiger partial charge is 0.463 e. The van der Waals surface area contributed by atoms with E-state index in [2.05, 4.69) is 5.32 Å². The minimum absolute atomic E-state index is 0.103. The Morgan fingerprint density at radius 2 is 1.52 bits per heavy atom. The molecule has 1 aliphatic carbocycles. The number of nitrogens with one attached hydrogen (secondary N) is 1. The van der Waals surface area contributed by atoms with Crippen LogP contribution in [0.4, 0.5) is 18.0 Å². The quantitative estimate of drug-likeness (QED) is 0.248. The summed E-state index contributed by atoms with van der Waals surface area (Å²) in [5, 5.41) is 2.75. The van der Waals surface area contributed by atoms with Crippen molar-refractivity contribution in [2.75, 3.05) is 6.61 Å². The molecule has 1 amide bonds. The van der Waals surface area contributed by atoms with Gasteiger partial charge in [0.2, 0.25) is 0 Å². The number of ether oxygens (including phenoxy) is 2. The van der Waals surface area contributed by atoms with Gasteiger partial charge in [0, 0.05) is 12.0 Å². The Balaban J connectivity index is 1.43. The number of hydrogen-bond donors (Lipinski definition) is 1. The van der Waals surface area contributed by atoms with Crippen LogP contribution >= 0.6 is 0 Å². The van der Waals surface area contributed by atoms with Gasteiger partial charge in [0.15, 0.2) is 0 Å². The topological polar surface area (TPSA) is 64.6 Å². The van der Waals surface area contributed by atoms with Crippen molar-refractivity contribution in [1.82, 2.24) is 5.32 Å². The molecule has 212 valence electrons. The second-order valence-corrected chi connectivity index (χ2v) is 10.2. The lowest BCUT2D eigenvalue weighted by atomic mass is 9.98. The summed E-state index contributed by atoms with van der Waals surface area (Å²) in [5.74, 6) is -0.615. The maximum absolute atomic E-state index is 13.0. The first-order valence-corrected chi connectivity index (χ1v) is 13.6. The Morgan fingerprint density at radius 1 is 0.925 bits per heavy atom. The predicted molar refractivity (Wildman–Crippen MR) is 147 cm³/mol. The molecule has 5 nitrogen and oxygen atoms in total. The van der Waals surface area contributed by atoms with Crippen molar-refractivity contribution in [2.24, 2.45) is 0 Å². The van der Waals surface area contributed by atoms with E-state index < -0.39 is 29.8 Å². The normalized spacial score (nSPS) is 14.1. The van der Waals surface area contributed by atoms with Gasteiger partial charge in [0.05, 0.1) is 18.1 Å². The second kappa shape index (κ2) is 13.0. The number of fused-ring (bicyclic) bond motifs is 3. The molecule has 0 fully saturated rings. The molecule has 0 saturated heterocycles. The second-order valence-electron chi connectivity index (χ2n) is 10.2. The summed E-state index contributed by atoms with van der Waals surface area (Å²) in [6.07, 6.45) is -2.80. The number of alkyl halides is 3. The van der Waals surface area contributed by atoms with Gasteiger partial charge in [0.25, 0.3) is 0 Å². The van der Waals surface area contributed by atoms with Crippen molar-refractivity contribution in [3.8, 4) is 11.1 Å². The van der Waals surface area contributed by atoms with Crippen LogP contribution in [0.25, 0.3) is 11.1 Å². The van der Waals surface area contributed by atoms with Gasteiger partial charge in [-0.05, 0) is 59.7 Å². The van der Waals surface area contributed by atoms with Gasteiger partial charge < -0.3 is 14.8 Å². The number of alkyl carbamates (subject to hydrolysis) is 1. The maximum atomic E-state index is 13.0. The first-order chi connectivity index (χ1) is 19.2. The van der Waals surface area contributed by atoms with E-state index in [1.807, 2.05) is 62.4 Å². The molecular formula is C32H34F3NO4. The number of hydrogen-bond acceptors (Lipinski definition) is 4. The molecule has 0 radical (unpaired) electrons. The number of esters is 1. The average Bonchev–Trinajstić information content (AvgIpc) is 3.24. The van der Waals surface area contributed by atoms with Crippen LogP contribution in [0.1, 0.15) is 67.7 Å². The number of benzene rings is 3. The zero-order valence-corrected chi connectivity index (χ0v) is 22.7. The van der Waals surface area contributed by atoms with E-state index in [0.29, 0.717) is 5.56 Å². The molecule has 1 N–H and O–H groups in total. The summed E-state index contributed by atoms with van der Waals surface area (Å²) in [6, 6.07) is 19.9. The third kappa shape index (κ3) is 7.43. The first-order valence-electron chi connectivity index (χ1n) is 13.6. The molecular weight excluding hydrogens is 519 g/mol. The minimum Gasteiger partial charge on any atom is -0.463 e. The van der Waals surface area contributed by atoms with E-state index in [-0.39, 0.29) is 31.5 Å². The van der Waals surface area contributed by atoms with Gasteiger partial charge in [-0.3, -0.25) is 4.79 Å². The Bertz CT molecular complexity index is 1260. The summed E-state index contributed by atoms with van der Waals surface area (Å²) in [7, 11) is 0. The Morgan fingerprint density at radius 3 is 2.10 bits per heavy atom. The highest BCUT2D eigenvalue weighted by Crippen LogP contribution is 2.44.